The van der Waals surface area contributed by atoms with E-state index in [1.165, 1.54) is 6.42 Å². The fourth-order valence-corrected chi connectivity index (χ4v) is 2.58. The topological polar surface area (TPSA) is 49.3 Å². The Morgan fingerprint density at radius 3 is 2.80 bits per heavy atom. The van der Waals surface area contributed by atoms with Crippen molar-refractivity contribution >= 4 is 11.6 Å². The van der Waals surface area contributed by atoms with Gasteiger partial charge < -0.3 is 10.4 Å². The molecule has 3 heteroatoms. The first kappa shape index (κ1) is 14.6. The fourth-order valence-electron chi connectivity index (χ4n) is 2.58. The molecular weight excluding hydrogens is 250 g/mol. The van der Waals surface area contributed by atoms with Crippen LogP contribution in [-0.2, 0) is 4.79 Å². The van der Waals surface area contributed by atoms with Crippen LogP contribution in [0.2, 0.25) is 0 Å². The predicted octanol–water partition coefficient (Wildman–Crippen LogP) is 2.86. The van der Waals surface area contributed by atoms with E-state index in [2.05, 4.69) is 17.2 Å². The van der Waals surface area contributed by atoms with Crippen molar-refractivity contribution in [1.82, 2.24) is 0 Å². The molecule has 2 rings (SSSR count). The van der Waals surface area contributed by atoms with Gasteiger partial charge in [0, 0.05) is 17.2 Å². The average molecular weight is 271 g/mol. The zero-order chi connectivity index (χ0) is 14.4. The largest absolute Gasteiger partial charge is 0.384 e. The van der Waals surface area contributed by atoms with E-state index in [-0.39, 0.29) is 18.4 Å². The summed E-state index contributed by atoms with van der Waals surface area (Å²) in [6.45, 7) is 1.81. The van der Waals surface area contributed by atoms with Crippen LogP contribution in [-0.4, -0.2) is 17.6 Å². The van der Waals surface area contributed by atoms with Crippen molar-refractivity contribution in [2.24, 2.45) is 5.92 Å². The molecule has 0 atom stereocenters. The number of hydrogen-bond donors (Lipinski definition) is 2. The second-order valence-corrected chi connectivity index (χ2v) is 5.31. The predicted molar refractivity (Wildman–Crippen MR) is 80.3 cm³/mol. The molecule has 0 aromatic heterocycles. The minimum absolute atomic E-state index is 0.120. The molecular formula is C17H21NO2. The Bertz CT molecular complexity index is 534. The van der Waals surface area contributed by atoms with Gasteiger partial charge in [-0.25, -0.2) is 0 Å². The standard InChI is InChI=1S/C17H21NO2/c1-13-9-10-16(12-15(13)8-5-11-19)18-17(20)14-6-3-2-4-7-14/h9-10,12,14,19H,2-4,6-7,11H2,1H3,(H,18,20). The van der Waals surface area contributed by atoms with Crippen LogP contribution < -0.4 is 5.32 Å². The Morgan fingerprint density at radius 1 is 1.35 bits per heavy atom. The summed E-state index contributed by atoms with van der Waals surface area (Å²) in [7, 11) is 0. The molecule has 1 aromatic carbocycles. The fraction of sp³-hybridized carbons (Fsp3) is 0.471. The lowest BCUT2D eigenvalue weighted by molar-refractivity contribution is -0.120. The molecule has 0 bridgehead atoms. The van der Waals surface area contributed by atoms with E-state index in [0.29, 0.717) is 0 Å². The average Bonchev–Trinajstić information content (AvgIpc) is 2.48. The summed E-state index contributed by atoms with van der Waals surface area (Å²) in [6.07, 6.45) is 5.54. The highest BCUT2D eigenvalue weighted by molar-refractivity contribution is 5.92. The normalized spacial score (nSPS) is 15.3. The van der Waals surface area contributed by atoms with E-state index in [0.717, 1.165) is 42.5 Å². The third-order valence-electron chi connectivity index (χ3n) is 3.78. The number of carbonyl (C=O) groups excluding carboxylic acids is 1. The molecule has 20 heavy (non-hydrogen) atoms. The molecule has 1 amide bonds. The molecule has 1 aliphatic carbocycles. The van der Waals surface area contributed by atoms with Crippen molar-refractivity contribution in [2.45, 2.75) is 39.0 Å². The van der Waals surface area contributed by atoms with Gasteiger partial charge in [0.05, 0.1) is 0 Å². The van der Waals surface area contributed by atoms with E-state index >= 15 is 0 Å². The Labute approximate surface area is 120 Å². The second-order valence-electron chi connectivity index (χ2n) is 5.31. The van der Waals surface area contributed by atoms with Crippen molar-refractivity contribution in [2.75, 3.05) is 11.9 Å². The second kappa shape index (κ2) is 7.12. The van der Waals surface area contributed by atoms with Crippen molar-refractivity contribution in [1.29, 1.82) is 0 Å². The number of aliphatic hydroxyl groups excluding tert-OH is 1. The number of carbonyl (C=O) groups is 1. The molecule has 1 fully saturated rings. The van der Waals surface area contributed by atoms with Crippen molar-refractivity contribution in [3.05, 3.63) is 29.3 Å². The van der Waals surface area contributed by atoms with Crippen LogP contribution in [0.4, 0.5) is 5.69 Å². The number of benzene rings is 1. The number of aliphatic hydroxyl groups is 1. The minimum atomic E-state index is -0.155. The monoisotopic (exact) mass is 271 g/mol. The first-order chi connectivity index (χ1) is 9.70. The van der Waals surface area contributed by atoms with E-state index in [1.54, 1.807) is 0 Å². The van der Waals surface area contributed by atoms with Gasteiger partial charge in [0.15, 0.2) is 0 Å². The van der Waals surface area contributed by atoms with Gasteiger partial charge in [-0.3, -0.25) is 4.79 Å². The molecule has 1 aliphatic rings. The Hall–Kier alpha value is -1.79. The molecule has 0 saturated heterocycles. The molecule has 2 N–H and O–H groups in total. The summed E-state index contributed by atoms with van der Waals surface area (Å²) in [5, 5.41) is 11.7. The third kappa shape index (κ3) is 3.85. The van der Waals surface area contributed by atoms with E-state index < -0.39 is 0 Å². The lowest BCUT2D eigenvalue weighted by Gasteiger charge is -2.20. The number of anilines is 1. The first-order valence-corrected chi connectivity index (χ1v) is 7.22. The maximum absolute atomic E-state index is 12.2. The highest BCUT2D eigenvalue weighted by atomic mass is 16.2. The number of aryl methyl sites for hydroxylation is 1. The maximum atomic E-state index is 12.2. The van der Waals surface area contributed by atoms with Gasteiger partial charge in [-0.1, -0.05) is 37.2 Å². The van der Waals surface area contributed by atoms with Crippen LogP contribution in [0.15, 0.2) is 18.2 Å². The smallest absolute Gasteiger partial charge is 0.227 e. The number of nitrogens with one attached hydrogen (secondary N) is 1. The number of hydrogen-bond acceptors (Lipinski definition) is 2. The van der Waals surface area contributed by atoms with Gasteiger partial charge in [0.1, 0.15) is 6.61 Å². The summed E-state index contributed by atoms with van der Waals surface area (Å²) in [4.78, 5) is 12.2. The Kier molecular flexibility index (Phi) is 5.20. The van der Waals surface area contributed by atoms with Crippen molar-refractivity contribution < 1.29 is 9.90 Å². The van der Waals surface area contributed by atoms with Crippen molar-refractivity contribution in [3.8, 4) is 11.8 Å². The summed E-state index contributed by atoms with van der Waals surface area (Å²) in [6, 6.07) is 5.72. The zero-order valence-corrected chi connectivity index (χ0v) is 11.9. The Balaban J connectivity index is 2.07. The Morgan fingerprint density at radius 2 is 2.10 bits per heavy atom. The molecule has 106 valence electrons. The van der Waals surface area contributed by atoms with Gasteiger partial charge in [-0.2, -0.15) is 0 Å². The summed E-state index contributed by atoms with van der Waals surface area (Å²) in [5.41, 5.74) is 2.68. The molecule has 0 radical (unpaired) electrons. The van der Waals surface area contributed by atoms with Crippen LogP contribution >= 0.6 is 0 Å². The van der Waals surface area contributed by atoms with Crippen LogP contribution in [0.5, 0.6) is 0 Å². The first-order valence-electron chi connectivity index (χ1n) is 7.22. The van der Waals surface area contributed by atoms with Crippen LogP contribution in [0.1, 0.15) is 43.2 Å². The highest BCUT2D eigenvalue weighted by Crippen LogP contribution is 2.25. The van der Waals surface area contributed by atoms with Crippen LogP contribution in [0.3, 0.4) is 0 Å². The van der Waals surface area contributed by atoms with Gasteiger partial charge in [-0.15, -0.1) is 0 Å². The van der Waals surface area contributed by atoms with Gasteiger partial charge in [0.25, 0.3) is 0 Å². The molecule has 1 aromatic rings. The number of amides is 1. The van der Waals surface area contributed by atoms with E-state index in [9.17, 15) is 4.79 Å². The van der Waals surface area contributed by atoms with Gasteiger partial charge in [0.2, 0.25) is 5.91 Å². The molecule has 0 spiro atoms. The summed E-state index contributed by atoms with van der Waals surface area (Å²) >= 11 is 0. The lowest BCUT2D eigenvalue weighted by Crippen LogP contribution is -2.24. The molecule has 0 heterocycles. The molecule has 1 saturated carbocycles. The van der Waals surface area contributed by atoms with E-state index in [1.807, 2.05) is 25.1 Å². The van der Waals surface area contributed by atoms with Gasteiger partial charge in [-0.05, 0) is 37.5 Å². The van der Waals surface area contributed by atoms with Crippen LogP contribution in [0.25, 0.3) is 0 Å². The van der Waals surface area contributed by atoms with E-state index in [4.69, 9.17) is 5.11 Å². The molecule has 0 unspecified atom stereocenters. The van der Waals surface area contributed by atoms with Crippen LogP contribution in [0, 0.1) is 24.7 Å². The molecule has 3 nitrogen and oxygen atoms in total. The highest BCUT2D eigenvalue weighted by Gasteiger charge is 2.21. The molecule has 0 aliphatic heterocycles. The maximum Gasteiger partial charge on any atom is 0.227 e. The zero-order valence-electron chi connectivity index (χ0n) is 11.9. The van der Waals surface area contributed by atoms with Gasteiger partial charge >= 0.3 is 0 Å². The SMILES string of the molecule is Cc1ccc(NC(=O)C2CCCCC2)cc1C#CCO. The summed E-state index contributed by atoms with van der Waals surface area (Å²) in [5.74, 6) is 5.82. The quantitative estimate of drug-likeness (QED) is 0.813. The third-order valence-corrected chi connectivity index (χ3v) is 3.78. The summed E-state index contributed by atoms with van der Waals surface area (Å²) < 4.78 is 0. The van der Waals surface area contributed by atoms with Crippen molar-refractivity contribution in [3.63, 3.8) is 0 Å². The minimum Gasteiger partial charge on any atom is -0.384 e. The lowest BCUT2D eigenvalue weighted by atomic mass is 9.88. The number of rotatable bonds is 2.